The number of carbonyl (C=O) groups is 1. The van der Waals surface area contributed by atoms with Crippen LogP contribution in [0, 0.1) is 0 Å². The zero-order chi connectivity index (χ0) is 17.2. The van der Waals surface area contributed by atoms with Crippen LogP contribution < -0.4 is 16.5 Å². The van der Waals surface area contributed by atoms with E-state index in [1.165, 1.54) is 0 Å². The van der Waals surface area contributed by atoms with Crippen LogP contribution >= 0.6 is 11.3 Å². The third kappa shape index (κ3) is 3.40. The summed E-state index contributed by atoms with van der Waals surface area (Å²) in [6.07, 6.45) is 4.31. The van der Waals surface area contributed by atoms with E-state index in [1.807, 2.05) is 43.3 Å². The van der Waals surface area contributed by atoms with Crippen LogP contribution in [0.2, 0.25) is 0 Å². The molecule has 1 unspecified atom stereocenters. The predicted molar refractivity (Wildman–Crippen MR) is 97.3 cm³/mol. The molecule has 126 valence electrons. The standard InChI is InChI=1S/C18H20N2O3S/c1-18(23-11-16(21)20-9-8-19)7-6-15-13(10-18)17(22)12-4-2-3-5-14(12)24-15/h2-7H,8-11,19H2,1H3,(H,20,21). The smallest absolute Gasteiger partial charge is 0.246 e. The van der Waals surface area contributed by atoms with Crippen molar-refractivity contribution in [2.75, 3.05) is 19.7 Å². The molecule has 3 N–H and O–H groups in total. The van der Waals surface area contributed by atoms with Crippen molar-refractivity contribution in [3.05, 3.63) is 51.0 Å². The van der Waals surface area contributed by atoms with Crippen LogP contribution in [0.3, 0.4) is 0 Å². The Kier molecular flexibility index (Phi) is 4.80. The molecule has 1 heterocycles. The molecule has 2 aromatic rings. The highest BCUT2D eigenvalue weighted by atomic mass is 32.1. The van der Waals surface area contributed by atoms with E-state index in [4.69, 9.17) is 10.5 Å². The van der Waals surface area contributed by atoms with E-state index in [-0.39, 0.29) is 17.9 Å². The number of carbonyl (C=O) groups excluding carboxylic acids is 1. The quantitative estimate of drug-likeness (QED) is 0.865. The van der Waals surface area contributed by atoms with Crippen LogP contribution in [-0.4, -0.2) is 31.2 Å². The molecule has 3 rings (SSSR count). The number of nitrogens with one attached hydrogen (secondary N) is 1. The van der Waals surface area contributed by atoms with Gasteiger partial charge in [0.15, 0.2) is 5.43 Å². The van der Waals surface area contributed by atoms with Gasteiger partial charge in [-0.05, 0) is 25.1 Å². The Morgan fingerprint density at radius 1 is 1.42 bits per heavy atom. The van der Waals surface area contributed by atoms with Crippen LogP contribution in [0.15, 0.2) is 35.1 Å². The molecule has 5 nitrogen and oxygen atoms in total. The molecule has 0 radical (unpaired) electrons. The highest BCUT2D eigenvalue weighted by Gasteiger charge is 2.30. The Morgan fingerprint density at radius 3 is 3.00 bits per heavy atom. The molecule has 6 heteroatoms. The van der Waals surface area contributed by atoms with Gasteiger partial charge in [0.25, 0.3) is 0 Å². The molecule has 0 fully saturated rings. The van der Waals surface area contributed by atoms with Crippen LogP contribution in [-0.2, 0) is 16.0 Å². The van der Waals surface area contributed by atoms with Crippen molar-refractivity contribution in [3.8, 4) is 0 Å². The summed E-state index contributed by atoms with van der Waals surface area (Å²) in [4.78, 5) is 25.4. The summed E-state index contributed by atoms with van der Waals surface area (Å²) in [6, 6.07) is 7.62. The van der Waals surface area contributed by atoms with Gasteiger partial charge in [-0.3, -0.25) is 9.59 Å². The molecule has 0 spiro atoms. The monoisotopic (exact) mass is 344 g/mol. The van der Waals surface area contributed by atoms with Crippen molar-refractivity contribution in [2.45, 2.75) is 18.9 Å². The highest BCUT2D eigenvalue weighted by Crippen LogP contribution is 2.32. The maximum absolute atomic E-state index is 12.8. The first-order valence-electron chi connectivity index (χ1n) is 7.87. The summed E-state index contributed by atoms with van der Waals surface area (Å²) in [5, 5.41) is 3.41. The van der Waals surface area contributed by atoms with Crippen LogP contribution in [0.4, 0.5) is 0 Å². The lowest BCUT2D eigenvalue weighted by atomic mass is 9.90. The first-order valence-corrected chi connectivity index (χ1v) is 8.69. The van der Waals surface area contributed by atoms with E-state index in [0.717, 1.165) is 20.5 Å². The van der Waals surface area contributed by atoms with Crippen LogP contribution in [0.5, 0.6) is 0 Å². The Bertz CT molecular complexity index is 859. The average Bonchev–Trinajstić information content (AvgIpc) is 2.59. The molecule has 0 bridgehead atoms. The number of fused-ring (bicyclic) bond motifs is 2. The van der Waals surface area contributed by atoms with E-state index in [9.17, 15) is 9.59 Å². The van der Waals surface area contributed by atoms with Crippen molar-refractivity contribution >= 4 is 33.4 Å². The van der Waals surface area contributed by atoms with Crippen LogP contribution in [0.25, 0.3) is 16.2 Å². The minimum Gasteiger partial charge on any atom is -0.361 e. The van der Waals surface area contributed by atoms with Crippen molar-refractivity contribution < 1.29 is 9.53 Å². The van der Waals surface area contributed by atoms with Gasteiger partial charge in [0.05, 0.1) is 5.60 Å². The molecular formula is C18H20N2O3S. The van der Waals surface area contributed by atoms with Gasteiger partial charge in [-0.1, -0.05) is 18.2 Å². The third-order valence-electron chi connectivity index (χ3n) is 4.04. The summed E-state index contributed by atoms with van der Waals surface area (Å²) < 4.78 is 6.76. The SMILES string of the molecule is CC1(OCC(=O)NCCN)C=Cc2sc3ccccc3c(=O)c2C1. The highest BCUT2D eigenvalue weighted by molar-refractivity contribution is 7.19. The largest absolute Gasteiger partial charge is 0.361 e. The zero-order valence-electron chi connectivity index (χ0n) is 13.5. The fourth-order valence-corrected chi connectivity index (χ4v) is 3.83. The zero-order valence-corrected chi connectivity index (χ0v) is 14.3. The maximum Gasteiger partial charge on any atom is 0.246 e. The molecule has 1 aromatic heterocycles. The van der Waals surface area contributed by atoms with Gasteiger partial charge in [0, 0.05) is 40.0 Å². The van der Waals surface area contributed by atoms with Crippen molar-refractivity contribution in [2.24, 2.45) is 5.73 Å². The third-order valence-corrected chi connectivity index (χ3v) is 5.22. The summed E-state index contributed by atoms with van der Waals surface area (Å²) >= 11 is 1.60. The fourth-order valence-electron chi connectivity index (χ4n) is 2.75. The van der Waals surface area contributed by atoms with Crippen LogP contribution in [0.1, 0.15) is 17.4 Å². The average molecular weight is 344 g/mol. The molecule has 1 aliphatic rings. The molecule has 24 heavy (non-hydrogen) atoms. The number of benzene rings is 1. The summed E-state index contributed by atoms with van der Waals surface area (Å²) in [6.45, 7) is 2.66. The Hall–Kier alpha value is -2.02. The van der Waals surface area contributed by atoms with Gasteiger partial charge >= 0.3 is 0 Å². The van der Waals surface area contributed by atoms with E-state index in [0.29, 0.717) is 19.5 Å². The number of hydrogen-bond donors (Lipinski definition) is 2. The second-order valence-electron chi connectivity index (χ2n) is 6.02. The molecule has 0 saturated carbocycles. The maximum atomic E-state index is 12.8. The Balaban J connectivity index is 1.82. The van der Waals surface area contributed by atoms with Gasteiger partial charge in [0.2, 0.25) is 5.91 Å². The van der Waals surface area contributed by atoms with Gasteiger partial charge in [0.1, 0.15) is 6.61 Å². The second-order valence-corrected chi connectivity index (χ2v) is 7.10. The molecule has 1 aromatic carbocycles. The van der Waals surface area contributed by atoms with Gasteiger partial charge in [-0.15, -0.1) is 11.3 Å². The second kappa shape index (κ2) is 6.84. The van der Waals surface area contributed by atoms with E-state index < -0.39 is 5.60 Å². The summed E-state index contributed by atoms with van der Waals surface area (Å²) in [5.41, 5.74) is 5.49. The van der Waals surface area contributed by atoms with Gasteiger partial charge in [-0.2, -0.15) is 0 Å². The van der Waals surface area contributed by atoms with Crippen molar-refractivity contribution in [3.63, 3.8) is 0 Å². The van der Waals surface area contributed by atoms with Gasteiger partial charge in [-0.25, -0.2) is 0 Å². The topological polar surface area (TPSA) is 81.4 Å². The number of amides is 1. The van der Waals surface area contributed by atoms with Crippen molar-refractivity contribution in [1.29, 1.82) is 0 Å². The Morgan fingerprint density at radius 2 is 2.21 bits per heavy atom. The minimum atomic E-state index is -0.665. The van der Waals surface area contributed by atoms with Gasteiger partial charge < -0.3 is 15.8 Å². The molecule has 1 atom stereocenters. The molecule has 0 saturated heterocycles. The number of hydrogen-bond acceptors (Lipinski definition) is 5. The lowest BCUT2D eigenvalue weighted by Crippen LogP contribution is -2.39. The normalized spacial score (nSPS) is 19.2. The van der Waals surface area contributed by atoms with E-state index in [2.05, 4.69) is 5.32 Å². The summed E-state index contributed by atoms with van der Waals surface area (Å²) in [7, 11) is 0. The first kappa shape index (κ1) is 16.8. The number of nitrogens with two attached hydrogens (primary N) is 1. The Labute approximate surface area is 144 Å². The molecular weight excluding hydrogens is 324 g/mol. The lowest BCUT2D eigenvalue weighted by molar-refractivity contribution is -0.129. The number of rotatable bonds is 5. The van der Waals surface area contributed by atoms with E-state index in [1.54, 1.807) is 11.3 Å². The summed E-state index contributed by atoms with van der Waals surface area (Å²) in [5.74, 6) is -0.204. The minimum absolute atomic E-state index is 0.0473. The number of ether oxygens (including phenoxy) is 1. The predicted octanol–water partition coefficient (Wildman–Crippen LogP) is 1.68. The first-order chi connectivity index (χ1) is 11.5. The van der Waals surface area contributed by atoms with E-state index >= 15 is 0 Å². The molecule has 0 aliphatic heterocycles. The molecule has 1 aliphatic carbocycles. The molecule has 1 amide bonds. The van der Waals surface area contributed by atoms with Crippen molar-refractivity contribution in [1.82, 2.24) is 5.32 Å². The fraction of sp³-hybridized carbons (Fsp3) is 0.333. The lowest BCUT2D eigenvalue weighted by Gasteiger charge is -2.29.